The molecule has 0 atom stereocenters. The topological polar surface area (TPSA) is 22.0 Å². The molecule has 0 fully saturated rings. The van der Waals surface area contributed by atoms with Crippen LogP contribution in [0.25, 0.3) is 10.9 Å². The van der Waals surface area contributed by atoms with Gasteiger partial charge in [0.05, 0.1) is 11.4 Å². The van der Waals surface area contributed by atoms with Crippen LogP contribution in [0.15, 0.2) is 91.1 Å². The van der Waals surface area contributed by atoms with Gasteiger partial charge >= 0.3 is 0 Å². The number of nitrogens with zero attached hydrogens (tertiary/aromatic N) is 1. The van der Waals surface area contributed by atoms with E-state index in [1.807, 2.05) is 92.0 Å². The van der Waals surface area contributed by atoms with Crippen LogP contribution >= 0.6 is 0 Å². The average molecular weight is 325 g/mol. The molecule has 0 aliphatic carbocycles. The fourth-order valence-corrected chi connectivity index (χ4v) is 3.44. The lowest BCUT2D eigenvalue weighted by Gasteiger charge is -2.18. The minimum Gasteiger partial charge on any atom is -0.286 e. The van der Waals surface area contributed by atoms with Crippen LogP contribution in [0.5, 0.6) is 0 Å². The summed E-state index contributed by atoms with van der Waals surface area (Å²) in [6, 6.07) is 28.0. The van der Waals surface area contributed by atoms with Crippen LogP contribution in [-0.4, -0.2) is 10.5 Å². The summed E-state index contributed by atoms with van der Waals surface area (Å²) in [6.45, 7) is 2.05. The van der Waals surface area contributed by atoms with Gasteiger partial charge in [-0.1, -0.05) is 78.9 Å². The Labute approximate surface area is 147 Å². The molecule has 25 heavy (non-hydrogen) atoms. The number of rotatable bonds is 3. The quantitative estimate of drug-likeness (QED) is 0.493. The predicted octanol–water partition coefficient (Wildman–Crippen LogP) is 5.42. The number of carbonyl (C=O) groups is 1. The monoisotopic (exact) mass is 325 g/mol. The molecule has 0 saturated carbocycles. The maximum absolute atomic E-state index is 13.5. The van der Waals surface area contributed by atoms with Gasteiger partial charge in [0.2, 0.25) is 5.91 Å². The molecule has 2 nitrogen and oxygen atoms in total. The van der Waals surface area contributed by atoms with Crippen LogP contribution in [0.4, 0.5) is 0 Å². The number of fused-ring (bicyclic) bond motifs is 1. The molecule has 1 aromatic heterocycles. The first-order valence-corrected chi connectivity index (χ1v) is 8.46. The molecule has 0 spiro atoms. The number of hydrogen-bond donors (Lipinski definition) is 0. The van der Waals surface area contributed by atoms with Crippen molar-refractivity contribution >= 4 is 16.8 Å². The van der Waals surface area contributed by atoms with Gasteiger partial charge in [0.1, 0.15) is 0 Å². The molecular weight excluding hydrogens is 306 g/mol. The van der Waals surface area contributed by atoms with E-state index in [9.17, 15) is 4.79 Å². The van der Waals surface area contributed by atoms with Crippen molar-refractivity contribution in [3.8, 4) is 0 Å². The van der Waals surface area contributed by atoms with Crippen molar-refractivity contribution in [2.45, 2.75) is 12.8 Å². The zero-order valence-corrected chi connectivity index (χ0v) is 14.1. The molecule has 4 rings (SSSR count). The third-order valence-electron chi connectivity index (χ3n) is 4.66. The Morgan fingerprint density at radius 3 is 1.88 bits per heavy atom. The second-order valence-electron chi connectivity index (χ2n) is 6.29. The number of benzene rings is 3. The lowest BCUT2D eigenvalue weighted by atomic mass is 9.90. The summed E-state index contributed by atoms with van der Waals surface area (Å²) >= 11 is 0. The van der Waals surface area contributed by atoms with E-state index < -0.39 is 0 Å². The Balaban J connectivity index is 1.89. The van der Waals surface area contributed by atoms with Gasteiger partial charge < -0.3 is 0 Å². The molecule has 3 aromatic carbocycles. The fraction of sp³-hybridized carbons (Fsp3) is 0.0870. The largest absolute Gasteiger partial charge is 0.286 e. The lowest BCUT2D eigenvalue weighted by Crippen LogP contribution is -2.20. The molecule has 0 saturated heterocycles. The molecule has 0 aliphatic heterocycles. The highest BCUT2D eigenvalue weighted by atomic mass is 16.2. The molecule has 0 amide bonds. The van der Waals surface area contributed by atoms with E-state index in [1.165, 1.54) is 0 Å². The third kappa shape index (κ3) is 2.76. The maximum Gasteiger partial charge on any atom is 0.243 e. The van der Waals surface area contributed by atoms with Crippen molar-refractivity contribution in [3.63, 3.8) is 0 Å². The van der Waals surface area contributed by atoms with Crippen LogP contribution < -0.4 is 0 Å². The number of para-hydroxylation sites is 1. The Kier molecular flexibility index (Phi) is 3.95. The molecule has 0 aliphatic rings. The molecular formula is C23H19NO. The Bertz CT molecular complexity index is 976. The van der Waals surface area contributed by atoms with E-state index in [2.05, 4.69) is 6.07 Å². The summed E-state index contributed by atoms with van der Waals surface area (Å²) in [4.78, 5) is 13.5. The third-order valence-corrected chi connectivity index (χ3v) is 4.66. The van der Waals surface area contributed by atoms with Crippen molar-refractivity contribution in [1.29, 1.82) is 0 Å². The van der Waals surface area contributed by atoms with E-state index in [0.29, 0.717) is 0 Å². The normalized spacial score (nSPS) is 11.1. The molecule has 2 heteroatoms. The van der Waals surface area contributed by atoms with Gasteiger partial charge in [0.15, 0.2) is 0 Å². The second kappa shape index (κ2) is 6.40. The number of aryl methyl sites for hydroxylation is 1. The van der Waals surface area contributed by atoms with Gasteiger partial charge in [0, 0.05) is 11.6 Å². The van der Waals surface area contributed by atoms with Crippen LogP contribution in [0, 0.1) is 6.92 Å². The maximum atomic E-state index is 13.5. The minimum absolute atomic E-state index is 0.0710. The van der Waals surface area contributed by atoms with Crippen LogP contribution in [0.3, 0.4) is 0 Å². The summed E-state index contributed by atoms with van der Waals surface area (Å²) in [5, 5.41) is 1.12. The predicted molar refractivity (Wildman–Crippen MR) is 102 cm³/mol. The molecule has 0 bridgehead atoms. The first-order valence-electron chi connectivity index (χ1n) is 8.46. The number of aromatic nitrogens is 1. The Hall–Kier alpha value is -3.13. The van der Waals surface area contributed by atoms with Crippen LogP contribution in [-0.2, 0) is 0 Å². The number of carbonyl (C=O) groups excluding carboxylic acids is 1. The highest BCUT2D eigenvalue weighted by molar-refractivity contribution is 5.98. The Morgan fingerprint density at radius 2 is 1.28 bits per heavy atom. The van der Waals surface area contributed by atoms with Gasteiger partial charge in [-0.3, -0.25) is 9.36 Å². The van der Waals surface area contributed by atoms with Crippen molar-refractivity contribution in [2.75, 3.05) is 0 Å². The Morgan fingerprint density at radius 1 is 0.760 bits per heavy atom. The smallest absolute Gasteiger partial charge is 0.243 e. The van der Waals surface area contributed by atoms with E-state index in [-0.39, 0.29) is 11.8 Å². The van der Waals surface area contributed by atoms with E-state index in [1.54, 1.807) is 4.57 Å². The van der Waals surface area contributed by atoms with Gasteiger partial charge in [-0.15, -0.1) is 0 Å². The van der Waals surface area contributed by atoms with Crippen molar-refractivity contribution in [2.24, 2.45) is 0 Å². The van der Waals surface area contributed by atoms with Crippen molar-refractivity contribution < 1.29 is 4.79 Å². The van der Waals surface area contributed by atoms with Gasteiger partial charge in [-0.2, -0.15) is 0 Å². The molecule has 4 aromatic rings. The van der Waals surface area contributed by atoms with Crippen molar-refractivity contribution in [3.05, 3.63) is 108 Å². The molecule has 0 N–H and O–H groups in total. The first-order chi connectivity index (χ1) is 12.3. The summed E-state index contributed by atoms with van der Waals surface area (Å²) in [7, 11) is 0. The van der Waals surface area contributed by atoms with Crippen LogP contribution in [0.2, 0.25) is 0 Å². The molecule has 0 unspecified atom stereocenters. The summed E-state index contributed by atoms with van der Waals surface area (Å²) in [6.07, 6.45) is 1.95. The zero-order valence-electron chi connectivity index (χ0n) is 14.1. The standard InChI is InChI=1S/C23H19NO/c1-17-16-24(21-15-9-8-14-20(17)21)23(25)22(18-10-4-2-5-11-18)19-12-6-3-7-13-19/h2-16,22H,1H3. The highest BCUT2D eigenvalue weighted by Crippen LogP contribution is 2.29. The molecule has 122 valence electrons. The second-order valence-corrected chi connectivity index (χ2v) is 6.29. The van der Waals surface area contributed by atoms with E-state index in [4.69, 9.17) is 0 Å². The summed E-state index contributed by atoms with van der Waals surface area (Å²) < 4.78 is 1.80. The van der Waals surface area contributed by atoms with Crippen molar-refractivity contribution in [1.82, 2.24) is 4.57 Å². The SMILES string of the molecule is Cc1cn(C(=O)C(c2ccccc2)c2ccccc2)c2ccccc12. The van der Waals surface area contributed by atoms with E-state index >= 15 is 0 Å². The summed E-state index contributed by atoms with van der Waals surface area (Å²) in [5.74, 6) is -0.251. The van der Waals surface area contributed by atoms with E-state index in [0.717, 1.165) is 27.6 Å². The summed E-state index contributed by atoms with van der Waals surface area (Å²) in [5.41, 5.74) is 4.09. The van der Waals surface area contributed by atoms with Crippen LogP contribution in [0.1, 0.15) is 27.4 Å². The van der Waals surface area contributed by atoms with Gasteiger partial charge in [-0.25, -0.2) is 0 Å². The van der Waals surface area contributed by atoms with Gasteiger partial charge in [0.25, 0.3) is 0 Å². The zero-order chi connectivity index (χ0) is 17.2. The highest BCUT2D eigenvalue weighted by Gasteiger charge is 2.25. The first kappa shape index (κ1) is 15.4. The average Bonchev–Trinajstić information content (AvgIpc) is 3.01. The molecule has 0 radical (unpaired) electrons. The minimum atomic E-state index is -0.322. The van der Waals surface area contributed by atoms with Gasteiger partial charge in [-0.05, 0) is 29.7 Å². The lowest BCUT2D eigenvalue weighted by molar-refractivity contribution is 0.0898. The number of hydrogen-bond acceptors (Lipinski definition) is 1. The fourth-order valence-electron chi connectivity index (χ4n) is 3.44. The molecule has 1 heterocycles.